The Balaban J connectivity index is 1.91. The van der Waals surface area contributed by atoms with E-state index >= 15 is 0 Å². The van der Waals surface area contributed by atoms with Crippen molar-refractivity contribution in [2.24, 2.45) is 0 Å². The van der Waals surface area contributed by atoms with E-state index in [0.29, 0.717) is 17.1 Å². The summed E-state index contributed by atoms with van der Waals surface area (Å²) in [4.78, 5) is 25.3. The molecule has 28 heavy (non-hydrogen) atoms. The number of para-hydroxylation sites is 2. The van der Waals surface area contributed by atoms with Crippen LogP contribution < -0.4 is 0 Å². The fourth-order valence-electron chi connectivity index (χ4n) is 3.76. The molecule has 0 aliphatic heterocycles. The Labute approximate surface area is 161 Å². The molecule has 2 aromatic carbocycles. The monoisotopic (exact) mass is 367 g/mol. The Morgan fingerprint density at radius 3 is 2.61 bits per heavy atom. The Hall–Kier alpha value is -3.73. The summed E-state index contributed by atoms with van der Waals surface area (Å²) in [5.74, 6) is -0.452. The molecular formula is C23H17N3O2. The number of hydrogen-bond donors (Lipinski definition) is 1. The molecule has 0 aliphatic rings. The molecule has 5 aromatic rings. The van der Waals surface area contributed by atoms with Crippen molar-refractivity contribution < 1.29 is 9.53 Å². The predicted octanol–water partition coefficient (Wildman–Crippen LogP) is 5.03. The number of hydrogen-bond acceptors (Lipinski definition) is 4. The smallest absolute Gasteiger partial charge is 0.356 e. The number of aryl methyl sites for hydroxylation is 1. The van der Waals surface area contributed by atoms with Crippen molar-refractivity contribution in [3.63, 3.8) is 0 Å². The largest absolute Gasteiger partial charge is 0.464 e. The minimum atomic E-state index is -0.452. The highest BCUT2D eigenvalue weighted by Crippen LogP contribution is 2.35. The number of aromatic nitrogens is 3. The van der Waals surface area contributed by atoms with Gasteiger partial charge in [0.05, 0.1) is 23.8 Å². The molecule has 1 N–H and O–H groups in total. The lowest BCUT2D eigenvalue weighted by Crippen LogP contribution is -2.08. The van der Waals surface area contributed by atoms with Gasteiger partial charge in [0.1, 0.15) is 5.69 Å². The van der Waals surface area contributed by atoms with Gasteiger partial charge in [0, 0.05) is 21.7 Å². The molecule has 5 rings (SSSR count). The summed E-state index contributed by atoms with van der Waals surface area (Å²) >= 11 is 0. The van der Waals surface area contributed by atoms with Gasteiger partial charge in [-0.1, -0.05) is 42.5 Å². The van der Waals surface area contributed by atoms with Gasteiger partial charge in [-0.15, -0.1) is 0 Å². The van der Waals surface area contributed by atoms with Gasteiger partial charge in [0.25, 0.3) is 0 Å². The average molecular weight is 367 g/mol. The second kappa shape index (κ2) is 6.16. The SMILES string of the molecule is COC(=O)c1nc(-c2ccc3ccccc3n2)c2[nH]c3ccccc3c2c1C. The van der Waals surface area contributed by atoms with Crippen molar-refractivity contribution in [3.05, 3.63) is 71.9 Å². The third-order valence-electron chi connectivity index (χ3n) is 5.12. The van der Waals surface area contributed by atoms with Crippen molar-refractivity contribution in [1.82, 2.24) is 15.0 Å². The van der Waals surface area contributed by atoms with Crippen molar-refractivity contribution in [2.45, 2.75) is 6.92 Å². The molecule has 3 aromatic heterocycles. The van der Waals surface area contributed by atoms with Crippen LogP contribution in [-0.2, 0) is 4.74 Å². The number of aromatic amines is 1. The number of rotatable bonds is 2. The number of carbonyl (C=O) groups excluding carboxylic acids is 1. The molecule has 0 bridgehead atoms. The zero-order chi connectivity index (χ0) is 19.3. The van der Waals surface area contributed by atoms with E-state index in [9.17, 15) is 4.79 Å². The zero-order valence-corrected chi connectivity index (χ0v) is 15.5. The van der Waals surface area contributed by atoms with Crippen LogP contribution in [0, 0.1) is 6.92 Å². The first-order chi connectivity index (χ1) is 13.7. The Morgan fingerprint density at radius 2 is 1.75 bits per heavy atom. The molecule has 0 saturated heterocycles. The second-order valence-corrected chi connectivity index (χ2v) is 6.74. The molecule has 0 unspecified atom stereocenters. The van der Waals surface area contributed by atoms with Crippen LogP contribution in [-0.4, -0.2) is 28.0 Å². The number of ether oxygens (including phenoxy) is 1. The molecule has 0 spiro atoms. The third-order valence-corrected chi connectivity index (χ3v) is 5.12. The maximum absolute atomic E-state index is 12.4. The van der Waals surface area contributed by atoms with E-state index in [-0.39, 0.29) is 0 Å². The van der Waals surface area contributed by atoms with Gasteiger partial charge in [-0.25, -0.2) is 14.8 Å². The minimum absolute atomic E-state index is 0.310. The number of pyridine rings is 2. The number of H-pyrrole nitrogens is 1. The molecule has 3 heterocycles. The Bertz CT molecular complexity index is 1390. The van der Waals surface area contributed by atoms with Crippen LogP contribution in [0.25, 0.3) is 44.1 Å². The second-order valence-electron chi connectivity index (χ2n) is 6.74. The summed E-state index contributed by atoms with van der Waals surface area (Å²) in [7, 11) is 1.37. The van der Waals surface area contributed by atoms with Gasteiger partial charge in [-0.05, 0) is 30.7 Å². The summed E-state index contributed by atoms with van der Waals surface area (Å²) in [6.45, 7) is 1.90. The maximum Gasteiger partial charge on any atom is 0.356 e. The van der Waals surface area contributed by atoms with Gasteiger partial charge in [-0.2, -0.15) is 0 Å². The highest BCUT2D eigenvalue weighted by Gasteiger charge is 2.22. The molecule has 0 saturated carbocycles. The predicted molar refractivity (Wildman–Crippen MR) is 110 cm³/mol. The highest BCUT2D eigenvalue weighted by molar-refractivity contribution is 6.14. The Kier molecular flexibility index (Phi) is 3.62. The molecule has 0 atom stereocenters. The number of carbonyl (C=O) groups is 1. The van der Waals surface area contributed by atoms with Crippen molar-refractivity contribution in [1.29, 1.82) is 0 Å². The molecule has 0 aliphatic carbocycles. The number of nitrogens with one attached hydrogen (secondary N) is 1. The summed E-state index contributed by atoms with van der Waals surface area (Å²) in [5.41, 5.74) is 5.20. The molecule has 5 nitrogen and oxygen atoms in total. The lowest BCUT2D eigenvalue weighted by atomic mass is 10.0. The van der Waals surface area contributed by atoms with E-state index in [2.05, 4.69) is 9.97 Å². The fraction of sp³-hybridized carbons (Fsp3) is 0.0870. The van der Waals surface area contributed by atoms with Crippen molar-refractivity contribution in [2.75, 3.05) is 7.11 Å². The summed E-state index contributed by atoms with van der Waals surface area (Å²) in [5, 5.41) is 3.07. The lowest BCUT2D eigenvalue weighted by Gasteiger charge is -2.10. The number of fused-ring (bicyclic) bond motifs is 4. The first kappa shape index (κ1) is 16.4. The minimum Gasteiger partial charge on any atom is -0.464 e. The molecule has 5 heteroatoms. The van der Waals surface area contributed by atoms with Crippen LogP contribution in [0.2, 0.25) is 0 Å². The first-order valence-electron chi connectivity index (χ1n) is 9.03. The average Bonchev–Trinajstić information content (AvgIpc) is 3.13. The number of esters is 1. The third kappa shape index (κ3) is 2.36. The van der Waals surface area contributed by atoms with Gasteiger partial charge >= 0.3 is 5.97 Å². The van der Waals surface area contributed by atoms with Crippen LogP contribution in [0.3, 0.4) is 0 Å². The quantitative estimate of drug-likeness (QED) is 0.445. The summed E-state index contributed by atoms with van der Waals surface area (Å²) in [6.07, 6.45) is 0. The van der Waals surface area contributed by atoms with Gasteiger partial charge in [0.15, 0.2) is 5.69 Å². The van der Waals surface area contributed by atoms with E-state index < -0.39 is 5.97 Å². The zero-order valence-electron chi connectivity index (χ0n) is 15.5. The number of nitrogens with zero attached hydrogens (tertiary/aromatic N) is 2. The van der Waals surface area contributed by atoms with Gasteiger partial charge in [0.2, 0.25) is 0 Å². The standard InChI is InChI=1S/C23H17N3O2/c1-13-19-15-8-4-6-10-17(15)25-22(19)21(26-20(13)23(27)28-2)18-12-11-14-7-3-5-9-16(14)24-18/h3-12,25H,1-2H3. The van der Waals surface area contributed by atoms with E-state index in [4.69, 9.17) is 9.72 Å². The van der Waals surface area contributed by atoms with Crippen LogP contribution in [0.5, 0.6) is 0 Å². The summed E-state index contributed by atoms with van der Waals surface area (Å²) in [6, 6.07) is 19.9. The van der Waals surface area contributed by atoms with Crippen molar-refractivity contribution in [3.8, 4) is 11.4 Å². The fourth-order valence-corrected chi connectivity index (χ4v) is 3.76. The molecular weight excluding hydrogens is 350 g/mol. The van der Waals surface area contributed by atoms with Gasteiger partial charge < -0.3 is 9.72 Å². The van der Waals surface area contributed by atoms with Crippen LogP contribution in [0.15, 0.2) is 60.7 Å². The normalized spacial score (nSPS) is 11.4. The van der Waals surface area contributed by atoms with E-state index in [1.807, 2.05) is 67.6 Å². The summed E-state index contributed by atoms with van der Waals surface area (Å²) < 4.78 is 4.98. The maximum atomic E-state index is 12.4. The van der Waals surface area contributed by atoms with E-state index in [0.717, 1.165) is 38.3 Å². The van der Waals surface area contributed by atoms with Crippen molar-refractivity contribution >= 4 is 38.7 Å². The molecule has 0 radical (unpaired) electrons. The van der Waals surface area contributed by atoms with Gasteiger partial charge in [-0.3, -0.25) is 0 Å². The van der Waals surface area contributed by atoms with E-state index in [1.54, 1.807) is 0 Å². The first-order valence-corrected chi connectivity index (χ1v) is 9.03. The number of benzene rings is 2. The van der Waals surface area contributed by atoms with Crippen LogP contribution >= 0.6 is 0 Å². The number of methoxy groups -OCH3 is 1. The van der Waals surface area contributed by atoms with E-state index in [1.165, 1.54) is 7.11 Å². The lowest BCUT2D eigenvalue weighted by molar-refractivity contribution is 0.0593. The topological polar surface area (TPSA) is 67.9 Å². The van der Waals surface area contributed by atoms with Crippen LogP contribution in [0.1, 0.15) is 16.1 Å². The molecule has 0 amide bonds. The molecule has 136 valence electrons. The van der Waals surface area contributed by atoms with Crippen LogP contribution in [0.4, 0.5) is 0 Å². The molecule has 0 fully saturated rings. The highest BCUT2D eigenvalue weighted by atomic mass is 16.5. The Morgan fingerprint density at radius 1 is 0.964 bits per heavy atom.